The molecule has 3 rings (SSSR count). The highest BCUT2D eigenvalue weighted by molar-refractivity contribution is 7.13. The molecule has 2 amide bonds. The molecule has 0 spiro atoms. The first-order valence-electron chi connectivity index (χ1n) is 9.76. The van der Waals surface area contributed by atoms with Crippen molar-refractivity contribution < 1.29 is 9.59 Å². The minimum Gasteiger partial charge on any atom is -0.326 e. The summed E-state index contributed by atoms with van der Waals surface area (Å²) in [4.78, 5) is 30.9. The van der Waals surface area contributed by atoms with Gasteiger partial charge >= 0.3 is 0 Å². The maximum absolute atomic E-state index is 12.9. The Hall–Kier alpha value is -2.21. The second kappa shape index (κ2) is 9.65. The van der Waals surface area contributed by atoms with Crippen LogP contribution < -0.4 is 5.32 Å². The number of aryl methyl sites for hydroxylation is 1. The third-order valence-corrected chi connectivity index (χ3v) is 5.45. The molecule has 0 saturated heterocycles. The lowest BCUT2D eigenvalue weighted by molar-refractivity contribution is -0.117. The summed E-state index contributed by atoms with van der Waals surface area (Å²) in [5.41, 5.74) is 1.92. The minimum atomic E-state index is -0.197. The lowest BCUT2D eigenvalue weighted by atomic mass is 10.0. The van der Waals surface area contributed by atoms with Crippen molar-refractivity contribution in [3.8, 4) is 0 Å². The van der Waals surface area contributed by atoms with Crippen LogP contribution in [0.15, 0.2) is 35.8 Å². The van der Waals surface area contributed by atoms with Crippen LogP contribution in [0.4, 0.5) is 5.13 Å². The van der Waals surface area contributed by atoms with Crippen molar-refractivity contribution in [2.75, 3.05) is 11.9 Å². The number of anilines is 1. The van der Waals surface area contributed by atoms with Crippen LogP contribution >= 0.6 is 11.3 Å². The Kier molecular flexibility index (Phi) is 6.98. The minimum absolute atomic E-state index is 0.0654. The van der Waals surface area contributed by atoms with Crippen molar-refractivity contribution in [2.24, 2.45) is 0 Å². The molecule has 1 saturated carbocycles. The van der Waals surface area contributed by atoms with Gasteiger partial charge in [-0.25, -0.2) is 4.98 Å². The quantitative estimate of drug-likeness (QED) is 0.612. The molecule has 0 bridgehead atoms. The van der Waals surface area contributed by atoms with Crippen molar-refractivity contribution >= 4 is 28.3 Å². The van der Waals surface area contributed by atoms with E-state index in [-0.39, 0.29) is 24.4 Å². The number of thiazole rings is 1. The molecule has 0 radical (unpaired) electrons. The molecular formula is C21H27N3O2S. The standard InChI is InChI=1S/C21H27N3O2S/c1-2-3-4-5-6-16-7-9-17(10-8-16)20(26)24(18-11-12-18)15-19(25)23-21-22-13-14-27-21/h7-10,13-14,18H,2-6,11-12,15H2,1H3,(H,22,23,25). The SMILES string of the molecule is CCCCCCc1ccc(C(=O)N(CC(=O)Nc2nccs2)C2CC2)cc1. The molecule has 1 heterocycles. The predicted octanol–water partition coefficient (Wildman–Crippen LogP) is 4.51. The highest BCUT2D eigenvalue weighted by Gasteiger charge is 2.34. The summed E-state index contributed by atoms with van der Waals surface area (Å²) < 4.78 is 0. The van der Waals surface area contributed by atoms with Crippen molar-refractivity contribution in [1.82, 2.24) is 9.88 Å². The number of nitrogens with zero attached hydrogens (tertiary/aromatic N) is 2. The van der Waals surface area contributed by atoms with Crippen LogP contribution in [0.25, 0.3) is 0 Å². The Bertz CT molecular complexity index is 739. The molecule has 0 aliphatic heterocycles. The zero-order valence-corrected chi connectivity index (χ0v) is 16.6. The number of nitrogens with one attached hydrogen (secondary N) is 1. The van der Waals surface area contributed by atoms with E-state index >= 15 is 0 Å². The topological polar surface area (TPSA) is 62.3 Å². The zero-order chi connectivity index (χ0) is 19.1. The first-order chi connectivity index (χ1) is 13.2. The summed E-state index contributed by atoms with van der Waals surface area (Å²) in [6, 6.07) is 8.05. The number of benzene rings is 1. The molecule has 6 heteroatoms. The second-order valence-corrected chi connectivity index (χ2v) is 7.95. The molecule has 0 atom stereocenters. The van der Waals surface area contributed by atoms with Crippen molar-refractivity contribution in [3.05, 3.63) is 47.0 Å². The van der Waals surface area contributed by atoms with Crippen molar-refractivity contribution in [2.45, 2.75) is 57.9 Å². The van der Waals surface area contributed by atoms with Gasteiger partial charge in [-0.05, 0) is 43.4 Å². The largest absolute Gasteiger partial charge is 0.326 e. The van der Waals surface area contributed by atoms with Gasteiger partial charge in [0.1, 0.15) is 6.54 Å². The summed E-state index contributed by atoms with van der Waals surface area (Å²) in [7, 11) is 0. The normalized spacial score (nSPS) is 13.4. The monoisotopic (exact) mass is 385 g/mol. The second-order valence-electron chi connectivity index (χ2n) is 7.06. The lowest BCUT2D eigenvalue weighted by Gasteiger charge is -2.21. The van der Waals surface area contributed by atoms with E-state index in [1.165, 1.54) is 42.6 Å². The predicted molar refractivity (Wildman–Crippen MR) is 109 cm³/mol. The Morgan fingerprint density at radius 3 is 2.59 bits per heavy atom. The number of aromatic nitrogens is 1. The number of amides is 2. The molecule has 1 aromatic carbocycles. The van der Waals surface area contributed by atoms with E-state index in [0.29, 0.717) is 10.7 Å². The molecule has 2 aromatic rings. The van der Waals surface area contributed by atoms with Crippen LogP contribution in [0.2, 0.25) is 0 Å². The van der Waals surface area contributed by atoms with Crippen LogP contribution in [0.1, 0.15) is 61.4 Å². The van der Waals surface area contributed by atoms with E-state index in [1.807, 2.05) is 29.6 Å². The van der Waals surface area contributed by atoms with E-state index in [9.17, 15) is 9.59 Å². The number of hydrogen-bond acceptors (Lipinski definition) is 4. The summed E-state index contributed by atoms with van der Waals surface area (Å²) in [6.07, 6.45) is 9.58. The lowest BCUT2D eigenvalue weighted by Crippen LogP contribution is -2.39. The van der Waals surface area contributed by atoms with Gasteiger partial charge < -0.3 is 10.2 Å². The van der Waals surface area contributed by atoms with Crippen LogP contribution in [0, 0.1) is 0 Å². The van der Waals surface area contributed by atoms with E-state index in [2.05, 4.69) is 17.2 Å². The van der Waals surface area contributed by atoms with Crippen LogP contribution in [-0.4, -0.2) is 34.3 Å². The fourth-order valence-corrected chi connectivity index (χ4v) is 3.63. The highest BCUT2D eigenvalue weighted by atomic mass is 32.1. The molecule has 144 valence electrons. The van der Waals surface area contributed by atoms with Crippen LogP contribution in [-0.2, 0) is 11.2 Å². The van der Waals surface area contributed by atoms with Gasteiger partial charge in [-0.15, -0.1) is 11.3 Å². The molecule has 27 heavy (non-hydrogen) atoms. The average Bonchev–Trinajstić information content (AvgIpc) is 3.40. The van der Waals surface area contributed by atoms with Gasteiger partial charge in [0.05, 0.1) is 0 Å². The van der Waals surface area contributed by atoms with E-state index in [1.54, 1.807) is 11.1 Å². The Morgan fingerprint density at radius 1 is 1.19 bits per heavy atom. The van der Waals surface area contributed by atoms with Crippen molar-refractivity contribution in [1.29, 1.82) is 0 Å². The zero-order valence-electron chi connectivity index (χ0n) is 15.8. The summed E-state index contributed by atoms with van der Waals surface area (Å²) in [6.45, 7) is 2.28. The summed E-state index contributed by atoms with van der Waals surface area (Å²) in [5, 5.41) is 5.13. The number of carbonyl (C=O) groups is 2. The van der Waals surface area contributed by atoms with Gasteiger partial charge in [0, 0.05) is 23.2 Å². The van der Waals surface area contributed by atoms with Crippen molar-refractivity contribution in [3.63, 3.8) is 0 Å². The molecule has 1 aromatic heterocycles. The molecule has 5 nitrogen and oxygen atoms in total. The Morgan fingerprint density at radius 2 is 1.96 bits per heavy atom. The van der Waals surface area contributed by atoms with Gasteiger partial charge in [-0.3, -0.25) is 9.59 Å². The first kappa shape index (κ1) is 19.5. The molecular weight excluding hydrogens is 358 g/mol. The van der Waals surface area contributed by atoms with Gasteiger partial charge in [0.15, 0.2) is 5.13 Å². The summed E-state index contributed by atoms with van der Waals surface area (Å²) in [5.74, 6) is -0.262. The fraction of sp³-hybridized carbons (Fsp3) is 0.476. The fourth-order valence-electron chi connectivity index (χ4n) is 3.09. The molecule has 1 aliphatic rings. The molecule has 0 unspecified atom stereocenters. The number of rotatable bonds is 10. The average molecular weight is 386 g/mol. The Labute approximate surface area is 164 Å². The first-order valence-corrected chi connectivity index (χ1v) is 10.6. The maximum atomic E-state index is 12.9. The van der Waals surface area contributed by atoms with E-state index < -0.39 is 0 Å². The van der Waals surface area contributed by atoms with Gasteiger partial charge in [-0.1, -0.05) is 38.3 Å². The van der Waals surface area contributed by atoms with E-state index in [4.69, 9.17) is 0 Å². The van der Waals surface area contributed by atoms with E-state index in [0.717, 1.165) is 19.3 Å². The summed E-state index contributed by atoms with van der Waals surface area (Å²) >= 11 is 1.37. The number of unbranched alkanes of at least 4 members (excludes halogenated alkanes) is 3. The molecule has 1 aliphatic carbocycles. The number of hydrogen-bond donors (Lipinski definition) is 1. The molecule has 1 N–H and O–H groups in total. The molecule has 1 fully saturated rings. The van der Waals surface area contributed by atoms with Gasteiger partial charge in [-0.2, -0.15) is 0 Å². The van der Waals surface area contributed by atoms with Gasteiger partial charge in [0.25, 0.3) is 5.91 Å². The maximum Gasteiger partial charge on any atom is 0.254 e. The van der Waals surface area contributed by atoms with Gasteiger partial charge in [0.2, 0.25) is 5.91 Å². The highest BCUT2D eigenvalue weighted by Crippen LogP contribution is 2.28. The smallest absolute Gasteiger partial charge is 0.254 e. The third kappa shape index (κ3) is 5.89. The third-order valence-electron chi connectivity index (χ3n) is 4.76. The van der Waals surface area contributed by atoms with Crippen LogP contribution in [0.3, 0.4) is 0 Å². The number of carbonyl (C=O) groups excluding carboxylic acids is 2. The van der Waals surface area contributed by atoms with Crippen LogP contribution in [0.5, 0.6) is 0 Å². The Balaban J connectivity index is 1.57.